The highest BCUT2D eigenvalue weighted by atomic mass is 16.6. The minimum Gasteiger partial charge on any atom is -0.462 e. The fourth-order valence-electron chi connectivity index (χ4n) is 2.62. The maximum absolute atomic E-state index is 12.3. The predicted molar refractivity (Wildman–Crippen MR) is 99.1 cm³/mol. The second kappa shape index (κ2) is 10.7. The van der Waals surface area contributed by atoms with E-state index in [2.05, 4.69) is 0 Å². The minimum absolute atomic E-state index is 0.0828. The molecule has 140 valence electrons. The number of aliphatic hydroxyl groups excluding tert-OH is 3. The molecule has 2 unspecified atom stereocenters. The van der Waals surface area contributed by atoms with Gasteiger partial charge in [-0.15, -0.1) is 0 Å². The van der Waals surface area contributed by atoms with E-state index in [1.807, 2.05) is 18.2 Å². The lowest BCUT2D eigenvalue weighted by Crippen LogP contribution is -2.31. The molecule has 0 heterocycles. The first-order valence-corrected chi connectivity index (χ1v) is 8.95. The second-order valence-electron chi connectivity index (χ2n) is 6.22. The third-order valence-corrected chi connectivity index (χ3v) is 4.15. The Hall–Kier alpha value is -2.21. The van der Waals surface area contributed by atoms with Crippen molar-refractivity contribution < 1.29 is 24.9 Å². The van der Waals surface area contributed by atoms with Crippen LogP contribution in [0.4, 0.5) is 0 Å². The van der Waals surface area contributed by atoms with E-state index in [9.17, 15) is 15.0 Å². The van der Waals surface area contributed by atoms with Gasteiger partial charge in [-0.3, -0.25) is 4.79 Å². The van der Waals surface area contributed by atoms with Gasteiger partial charge in [-0.2, -0.15) is 0 Å². The van der Waals surface area contributed by atoms with Crippen LogP contribution < -0.4 is 4.74 Å². The zero-order chi connectivity index (χ0) is 18.8. The molecule has 0 aliphatic rings. The van der Waals surface area contributed by atoms with Crippen LogP contribution in [0.3, 0.4) is 0 Å². The molecule has 0 radical (unpaired) electrons. The van der Waals surface area contributed by atoms with Gasteiger partial charge >= 0.3 is 0 Å². The van der Waals surface area contributed by atoms with E-state index in [0.717, 1.165) is 25.7 Å². The van der Waals surface area contributed by atoms with Crippen molar-refractivity contribution in [1.82, 2.24) is 0 Å². The molecular formula is C21H26O5. The molecule has 0 aliphatic carbocycles. The van der Waals surface area contributed by atoms with Crippen molar-refractivity contribution in [2.75, 3.05) is 6.61 Å². The number of unbranched alkanes of at least 4 members (excludes halogenated alkanes) is 3. The summed E-state index contributed by atoms with van der Waals surface area (Å²) in [5.74, 6) is 0.307. The van der Waals surface area contributed by atoms with E-state index in [1.165, 1.54) is 0 Å². The fourth-order valence-corrected chi connectivity index (χ4v) is 2.62. The van der Waals surface area contributed by atoms with Crippen LogP contribution in [0.2, 0.25) is 0 Å². The Morgan fingerprint density at radius 2 is 1.46 bits per heavy atom. The molecule has 0 spiro atoms. The normalized spacial score (nSPS) is 13.2. The van der Waals surface area contributed by atoms with Gasteiger partial charge in [0, 0.05) is 17.7 Å². The van der Waals surface area contributed by atoms with Gasteiger partial charge in [-0.05, 0) is 37.1 Å². The molecule has 5 nitrogen and oxygen atoms in total. The number of ether oxygens (including phenoxy) is 1. The zero-order valence-electron chi connectivity index (χ0n) is 14.8. The molecule has 5 heteroatoms. The van der Waals surface area contributed by atoms with E-state index < -0.39 is 12.4 Å². The Balaban J connectivity index is 1.83. The number of carbonyl (C=O) groups is 1. The Labute approximate surface area is 153 Å². The van der Waals surface area contributed by atoms with Crippen LogP contribution in [-0.2, 0) is 0 Å². The van der Waals surface area contributed by atoms with Crippen LogP contribution in [0, 0.1) is 0 Å². The highest BCUT2D eigenvalue weighted by Gasteiger charge is 2.18. The predicted octanol–water partition coefficient (Wildman–Crippen LogP) is 2.92. The van der Waals surface area contributed by atoms with Crippen molar-refractivity contribution in [2.45, 2.75) is 44.5 Å². The highest BCUT2D eigenvalue weighted by Crippen LogP contribution is 2.18. The van der Waals surface area contributed by atoms with E-state index in [-0.39, 0.29) is 12.4 Å². The molecule has 2 rings (SSSR count). The van der Waals surface area contributed by atoms with Gasteiger partial charge in [-0.1, -0.05) is 49.6 Å². The number of aliphatic hydroxyl groups is 3. The van der Waals surface area contributed by atoms with Crippen molar-refractivity contribution in [3.8, 4) is 5.75 Å². The fraction of sp³-hybridized carbons (Fsp3) is 0.381. The van der Waals surface area contributed by atoms with E-state index in [0.29, 0.717) is 23.3 Å². The lowest BCUT2D eigenvalue weighted by atomic mass is 10.0. The number of hydrogen-bond acceptors (Lipinski definition) is 5. The van der Waals surface area contributed by atoms with E-state index in [4.69, 9.17) is 9.84 Å². The molecule has 0 fully saturated rings. The molecule has 0 amide bonds. The molecule has 0 aromatic heterocycles. The Kier molecular flexibility index (Phi) is 8.28. The lowest BCUT2D eigenvalue weighted by molar-refractivity contribution is -0.106. The third-order valence-electron chi connectivity index (χ3n) is 4.15. The Morgan fingerprint density at radius 3 is 2.12 bits per heavy atom. The molecule has 2 aromatic carbocycles. The molecule has 0 aliphatic heterocycles. The summed E-state index contributed by atoms with van der Waals surface area (Å²) >= 11 is 0. The van der Waals surface area contributed by atoms with E-state index in [1.54, 1.807) is 36.4 Å². The van der Waals surface area contributed by atoms with Gasteiger partial charge < -0.3 is 20.1 Å². The van der Waals surface area contributed by atoms with Crippen LogP contribution in [0.1, 0.15) is 48.0 Å². The summed E-state index contributed by atoms with van der Waals surface area (Å²) in [6, 6.07) is 15.5. The monoisotopic (exact) mass is 358 g/mol. The van der Waals surface area contributed by atoms with Crippen molar-refractivity contribution in [3.63, 3.8) is 0 Å². The third kappa shape index (κ3) is 6.26. The standard InChI is InChI=1S/C21H26O5/c22-15-7-2-1-6-10-19(23)21(25)26-18-13-11-17(12-14-18)20(24)16-8-4-3-5-9-16/h3-5,8-9,11-14,19,21-23,25H,1-2,6-7,10,15H2. The van der Waals surface area contributed by atoms with Crippen molar-refractivity contribution in [3.05, 3.63) is 65.7 Å². The first kappa shape index (κ1) is 20.1. The average Bonchev–Trinajstić information content (AvgIpc) is 2.68. The molecule has 2 aromatic rings. The summed E-state index contributed by atoms with van der Waals surface area (Å²) in [6.45, 7) is 0.178. The van der Waals surface area contributed by atoms with Gasteiger partial charge in [0.2, 0.25) is 6.29 Å². The number of hydrogen-bond donors (Lipinski definition) is 3. The summed E-state index contributed by atoms with van der Waals surface area (Å²) in [5, 5.41) is 28.6. The SMILES string of the molecule is O=C(c1ccccc1)c1ccc(OC(O)C(O)CCCCCCO)cc1. The zero-order valence-corrected chi connectivity index (χ0v) is 14.8. The van der Waals surface area contributed by atoms with Crippen LogP contribution in [0.25, 0.3) is 0 Å². The summed E-state index contributed by atoms with van der Waals surface area (Å²) < 4.78 is 5.35. The highest BCUT2D eigenvalue weighted by molar-refractivity contribution is 6.08. The van der Waals surface area contributed by atoms with Gasteiger partial charge in [0.15, 0.2) is 5.78 Å². The number of carbonyl (C=O) groups excluding carboxylic acids is 1. The van der Waals surface area contributed by atoms with Gasteiger partial charge in [-0.25, -0.2) is 0 Å². The summed E-state index contributed by atoms with van der Waals surface area (Å²) in [5.41, 5.74) is 1.14. The second-order valence-corrected chi connectivity index (χ2v) is 6.22. The largest absolute Gasteiger partial charge is 0.462 e. The van der Waals surface area contributed by atoms with Crippen LogP contribution in [0.5, 0.6) is 5.75 Å². The van der Waals surface area contributed by atoms with Crippen molar-refractivity contribution >= 4 is 5.78 Å². The molecule has 0 bridgehead atoms. The maximum atomic E-state index is 12.3. The maximum Gasteiger partial charge on any atom is 0.223 e. The Morgan fingerprint density at radius 1 is 0.846 bits per heavy atom. The number of benzene rings is 2. The van der Waals surface area contributed by atoms with Crippen LogP contribution in [-0.4, -0.2) is 40.1 Å². The van der Waals surface area contributed by atoms with Crippen molar-refractivity contribution in [2.24, 2.45) is 0 Å². The summed E-state index contributed by atoms with van der Waals surface area (Å²) in [7, 11) is 0. The van der Waals surface area contributed by atoms with Crippen LogP contribution in [0.15, 0.2) is 54.6 Å². The average molecular weight is 358 g/mol. The number of ketones is 1. The molecule has 2 atom stereocenters. The topological polar surface area (TPSA) is 87.0 Å². The van der Waals surface area contributed by atoms with Gasteiger partial charge in [0.05, 0.1) is 0 Å². The first-order chi connectivity index (χ1) is 12.6. The smallest absolute Gasteiger partial charge is 0.223 e. The minimum atomic E-state index is -1.32. The molecular weight excluding hydrogens is 332 g/mol. The number of rotatable bonds is 11. The van der Waals surface area contributed by atoms with Gasteiger partial charge in [0.1, 0.15) is 11.9 Å². The van der Waals surface area contributed by atoms with Crippen molar-refractivity contribution in [1.29, 1.82) is 0 Å². The quantitative estimate of drug-likeness (QED) is 0.327. The van der Waals surface area contributed by atoms with Crippen LogP contribution >= 0.6 is 0 Å². The molecule has 26 heavy (non-hydrogen) atoms. The molecule has 3 N–H and O–H groups in total. The first-order valence-electron chi connectivity index (χ1n) is 8.95. The summed E-state index contributed by atoms with van der Waals surface area (Å²) in [6.07, 6.45) is 1.43. The lowest BCUT2D eigenvalue weighted by Gasteiger charge is -2.19. The summed E-state index contributed by atoms with van der Waals surface area (Å²) in [4.78, 5) is 12.3. The Bertz CT molecular complexity index is 654. The van der Waals surface area contributed by atoms with E-state index >= 15 is 0 Å². The van der Waals surface area contributed by atoms with Gasteiger partial charge in [0.25, 0.3) is 0 Å². The molecule has 0 saturated carbocycles. The molecule has 0 saturated heterocycles.